The first-order valence-electron chi connectivity index (χ1n) is 6.91. The highest BCUT2D eigenvalue weighted by Gasteiger charge is 2.41. The normalized spacial score (nSPS) is 21.2. The molecule has 0 aliphatic heterocycles. The molecule has 1 fully saturated rings. The fraction of sp³-hybridized carbons (Fsp3) is 0.250. The van der Waals surface area contributed by atoms with E-state index >= 15 is 0 Å². The van der Waals surface area contributed by atoms with Gasteiger partial charge in [-0.2, -0.15) is 0 Å². The van der Waals surface area contributed by atoms with Gasteiger partial charge in [0.15, 0.2) is 0 Å². The van der Waals surface area contributed by atoms with Gasteiger partial charge in [-0.1, -0.05) is 36.4 Å². The Labute approximate surface area is 125 Å². The van der Waals surface area contributed by atoms with Crippen LogP contribution < -0.4 is 10.5 Å². The van der Waals surface area contributed by atoms with Crippen LogP contribution in [0.1, 0.15) is 23.5 Å². The number of anilines is 1. The number of sulfonamides is 1. The Morgan fingerprint density at radius 2 is 1.86 bits per heavy atom. The summed E-state index contributed by atoms with van der Waals surface area (Å²) in [5.74, 6) is 0.266. The number of benzene rings is 2. The second-order valence-corrected chi connectivity index (χ2v) is 7.19. The predicted octanol–water partition coefficient (Wildman–Crippen LogP) is 2.41. The van der Waals surface area contributed by atoms with Gasteiger partial charge in [-0.3, -0.25) is 0 Å². The van der Waals surface area contributed by atoms with Gasteiger partial charge in [0, 0.05) is 17.6 Å². The second-order valence-electron chi connectivity index (χ2n) is 5.51. The summed E-state index contributed by atoms with van der Waals surface area (Å²) < 4.78 is 27.7. The van der Waals surface area contributed by atoms with E-state index in [4.69, 9.17) is 5.73 Å². The van der Waals surface area contributed by atoms with E-state index in [-0.39, 0.29) is 16.9 Å². The summed E-state index contributed by atoms with van der Waals surface area (Å²) in [5.41, 5.74) is 8.03. The smallest absolute Gasteiger partial charge is 0.241 e. The standard InChI is InChI=1S/C16H18N2O2S/c1-11-7-8-13(17)9-16(11)21(19,20)18-15-10-14(15)12-5-3-2-4-6-12/h2-9,14-15,18H,10,17H2,1H3/t14-,15-/m1/s1. The SMILES string of the molecule is Cc1ccc(N)cc1S(=O)(=O)N[C@@H]1C[C@@H]1c1ccccc1. The molecule has 2 aromatic rings. The van der Waals surface area contributed by atoms with Crippen LogP contribution in [-0.2, 0) is 10.0 Å². The van der Waals surface area contributed by atoms with Crippen LogP contribution in [0.15, 0.2) is 53.4 Å². The van der Waals surface area contributed by atoms with Gasteiger partial charge < -0.3 is 5.73 Å². The molecule has 0 unspecified atom stereocenters. The fourth-order valence-corrected chi connectivity index (χ4v) is 4.13. The first-order chi connectivity index (χ1) is 9.97. The predicted molar refractivity (Wildman–Crippen MR) is 83.5 cm³/mol. The summed E-state index contributed by atoms with van der Waals surface area (Å²) in [7, 11) is -3.52. The van der Waals surface area contributed by atoms with Crippen LogP contribution in [0, 0.1) is 6.92 Å². The van der Waals surface area contributed by atoms with Crippen LogP contribution >= 0.6 is 0 Å². The molecule has 3 N–H and O–H groups in total. The highest BCUT2D eigenvalue weighted by Crippen LogP contribution is 2.41. The molecule has 0 bridgehead atoms. The molecule has 1 saturated carbocycles. The number of nitrogen functional groups attached to an aromatic ring is 1. The number of nitrogens with one attached hydrogen (secondary N) is 1. The van der Waals surface area contributed by atoms with E-state index in [1.165, 1.54) is 11.6 Å². The van der Waals surface area contributed by atoms with Crippen LogP contribution in [-0.4, -0.2) is 14.5 Å². The summed E-state index contributed by atoms with van der Waals surface area (Å²) in [6.45, 7) is 1.77. The van der Waals surface area contributed by atoms with Gasteiger partial charge in [0.1, 0.15) is 0 Å². The van der Waals surface area contributed by atoms with Crippen molar-refractivity contribution < 1.29 is 8.42 Å². The fourth-order valence-electron chi connectivity index (χ4n) is 2.56. The van der Waals surface area contributed by atoms with Gasteiger partial charge in [-0.05, 0) is 36.6 Å². The Morgan fingerprint density at radius 3 is 2.57 bits per heavy atom. The van der Waals surface area contributed by atoms with Gasteiger partial charge in [0.25, 0.3) is 0 Å². The molecule has 1 aliphatic carbocycles. The van der Waals surface area contributed by atoms with Crippen molar-refractivity contribution in [2.45, 2.75) is 30.2 Å². The van der Waals surface area contributed by atoms with Gasteiger partial charge in [0.2, 0.25) is 10.0 Å². The molecule has 1 aliphatic rings. The number of rotatable bonds is 4. The average Bonchev–Trinajstić information content (AvgIpc) is 3.21. The molecular weight excluding hydrogens is 284 g/mol. The van der Waals surface area contributed by atoms with E-state index in [0.29, 0.717) is 11.3 Å². The molecule has 0 radical (unpaired) electrons. The molecule has 5 heteroatoms. The minimum atomic E-state index is -3.52. The molecule has 0 saturated heterocycles. The Balaban J connectivity index is 1.78. The quantitative estimate of drug-likeness (QED) is 0.852. The van der Waals surface area contributed by atoms with E-state index < -0.39 is 10.0 Å². The van der Waals surface area contributed by atoms with Crippen LogP contribution in [0.2, 0.25) is 0 Å². The molecule has 21 heavy (non-hydrogen) atoms. The third-order valence-corrected chi connectivity index (χ3v) is 5.46. The van der Waals surface area contributed by atoms with Crippen molar-refractivity contribution in [2.24, 2.45) is 0 Å². The lowest BCUT2D eigenvalue weighted by atomic mass is 10.1. The van der Waals surface area contributed by atoms with Gasteiger partial charge >= 0.3 is 0 Å². The minimum Gasteiger partial charge on any atom is -0.399 e. The summed E-state index contributed by atoms with van der Waals surface area (Å²) in [6.07, 6.45) is 0.838. The van der Waals surface area contributed by atoms with Crippen molar-refractivity contribution in [3.05, 3.63) is 59.7 Å². The lowest BCUT2D eigenvalue weighted by molar-refractivity contribution is 0.579. The Hall–Kier alpha value is -1.85. The van der Waals surface area contributed by atoms with E-state index in [0.717, 1.165) is 6.42 Å². The number of hydrogen-bond donors (Lipinski definition) is 2. The lowest BCUT2D eigenvalue weighted by Crippen LogP contribution is -2.27. The monoisotopic (exact) mass is 302 g/mol. The second kappa shape index (κ2) is 5.16. The third-order valence-electron chi connectivity index (χ3n) is 3.83. The van der Waals surface area contributed by atoms with Crippen molar-refractivity contribution in [3.8, 4) is 0 Å². The maximum atomic E-state index is 12.5. The average molecular weight is 302 g/mol. The summed E-state index contributed by atoms with van der Waals surface area (Å²) in [5, 5.41) is 0. The molecule has 0 aromatic heterocycles. The third kappa shape index (κ3) is 2.94. The zero-order valence-electron chi connectivity index (χ0n) is 11.8. The van der Waals surface area contributed by atoms with Gasteiger partial charge in [0.05, 0.1) is 4.90 Å². The van der Waals surface area contributed by atoms with Crippen molar-refractivity contribution in [1.82, 2.24) is 4.72 Å². The van der Waals surface area contributed by atoms with Gasteiger partial charge in [-0.25, -0.2) is 13.1 Å². The zero-order valence-corrected chi connectivity index (χ0v) is 12.6. The van der Waals surface area contributed by atoms with Crippen LogP contribution in [0.25, 0.3) is 0 Å². The molecule has 3 rings (SSSR count). The largest absolute Gasteiger partial charge is 0.399 e. The molecule has 2 atom stereocenters. The van der Waals surface area contributed by atoms with Gasteiger partial charge in [-0.15, -0.1) is 0 Å². The molecule has 4 nitrogen and oxygen atoms in total. The molecule has 2 aromatic carbocycles. The first-order valence-corrected chi connectivity index (χ1v) is 8.39. The zero-order chi connectivity index (χ0) is 15.0. The maximum absolute atomic E-state index is 12.5. The van der Waals surface area contributed by atoms with Crippen molar-refractivity contribution in [2.75, 3.05) is 5.73 Å². The summed E-state index contributed by atoms with van der Waals surface area (Å²) in [4.78, 5) is 0.265. The molecular formula is C16H18N2O2S. The van der Waals surface area contributed by atoms with E-state index in [2.05, 4.69) is 4.72 Å². The Bertz CT molecular complexity index is 757. The van der Waals surface area contributed by atoms with Crippen molar-refractivity contribution >= 4 is 15.7 Å². The highest BCUT2D eigenvalue weighted by atomic mass is 32.2. The molecule has 110 valence electrons. The molecule has 0 amide bonds. The number of aryl methyl sites for hydroxylation is 1. The maximum Gasteiger partial charge on any atom is 0.241 e. The van der Waals surface area contributed by atoms with E-state index in [9.17, 15) is 8.42 Å². The molecule has 0 spiro atoms. The highest BCUT2D eigenvalue weighted by molar-refractivity contribution is 7.89. The van der Waals surface area contributed by atoms with Crippen molar-refractivity contribution in [3.63, 3.8) is 0 Å². The topological polar surface area (TPSA) is 72.2 Å². The van der Waals surface area contributed by atoms with Crippen LogP contribution in [0.3, 0.4) is 0 Å². The van der Waals surface area contributed by atoms with Crippen LogP contribution in [0.4, 0.5) is 5.69 Å². The van der Waals surface area contributed by atoms with Crippen LogP contribution in [0.5, 0.6) is 0 Å². The summed E-state index contributed by atoms with van der Waals surface area (Å²) >= 11 is 0. The van der Waals surface area contributed by atoms with Crippen molar-refractivity contribution in [1.29, 1.82) is 0 Å². The first kappa shape index (κ1) is 14.1. The number of nitrogens with two attached hydrogens (primary N) is 1. The minimum absolute atomic E-state index is 0.0294. The number of hydrogen-bond acceptors (Lipinski definition) is 3. The van der Waals surface area contributed by atoms with E-state index in [1.807, 2.05) is 30.3 Å². The van der Waals surface area contributed by atoms with E-state index in [1.54, 1.807) is 19.1 Å². The lowest BCUT2D eigenvalue weighted by Gasteiger charge is -2.10. The molecule has 0 heterocycles. The summed E-state index contributed by atoms with van der Waals surface area (Å²) in [6, 6.07) is 14.9. The Morgan fingerprint density at radius 1 is 1.14 bits per heavy atom. The Kier molecular flexibility index (Phi) is 3.47.